The van der Waals surface area contributed by atoms with E-state index in [9.17, 15) is 0 Å². The molecule has 1 aliphatic carbocycles. The van der Waals surface area contributed by atoms with Gasteiger partial charge in [0.05, 0.1) is 0 Å². The highest BCUT2D eigenvalue weighted by molar-refractivity contribution is 9.10. The first kappa shape index (κ1) is 12.4. The Labute approximate surface area is 111 Å². The van der Waals surface area contributed by atoms with E-state index in [1.54, 1.807) is 0 Å². The molecule has 2 rings (SSSR count). The summed E-state index contributed by atoms with van der Waals surface area (Å²) in [6.45, 7) is 4.33. The zero-order valence-corrected chi connectivity index (χ0v) is 11.9. The largest absolute Gasteiger partial charge is 0.316 e. The van der Waals surface area contributed by atoms with Gasteiger partial charge in [-0.25, -0.2) is 0 Å². The van der Waals surface area contributed by atoms with Gasteiger partial charge in [-0.05, 0) is 48.9 Å². The second-order valence-corrected chi connectivity index (χ2v) is 6.02. The van der Waals surface area contributed by atoms with Gasteiger partial charge in [-0.3, -0.25) is 0 Å². The van der Waals surface area contributed by atoms with E-state index in [0.29, 0.717) is 5.41 Å². The fraction of sp³-hybridized carbons (Fsp3) is 0.538. The number of rotatable bonds is 5. The summed E-state index contributed by atoms with van der Waals surface area (Å²) >= 11 is 9.68. The highest BCUT2D eigenvalue weighted by atomic mass is 79.9. The molecule has 1 aliphatic rings. The van der Waals surface area contributed by atoms with Crippen molar-refractivity contribution in [1.82, 2.24) is 5.32 Å². The standard InChI is InChI=1S/C13H17BrClN/c1-2-16-9-13(5-6-13)8-10-3-4-11(14)7-12(10)15/h3-4,7,16H,2,5-6,8-9H2,1H3. The van der Waals surface area contributed by atoms with Crippen LogP contribution >= 0.6 is 27.5 Å². The van der Waals surface area contributed by atoms with Crippen molar-refractivity contribution >= 4 is 27.5 Å². The lowest BCUT2D eigenvalue weighted by Gasteiger charge is -2.16. The van der Waals surface area contributed by atoms with Gasteiger partial charge in [0.1, 0.15) is 0 Å². The quantitative estimate of drug-likeness (QED) is 0.866. The normalized spacial score (nSPS) is 17.4. The maximum Gasteiger partial charge on any atom is 0.0449 e. The Hall–Kier alpha value is -0.0500. The summed E-state index contributed by atoms with van der Waals surface area (Å²) in [6.07, 6.45) is 3.75. The van der Waals surface area contributed by atoms with E-state index in [0.717, 1.165) is 29.0 Å². The maximum atomic E-state index is 6.25. The third-order valence-electron chi connectivity index (χ3n) is 3.29. The zero-order chi connectivity index (χ0) is 11.6. The van der Waals surface area contributed by atoms with Crippen molar-refractivity contribution in [3.05, 3.63) is 33.3 Å². The summed E-state index contributed by atoms with van der Waals surface area (Å²) < 4.78 is 1.05. The molecular weight excluding hydrogens is 286 g/mol. The van der Waals surface area contributed by atoms with Crippen LogP contribution in [0.15, 0.2) is 22.7 Å². The molecule has 1 N–H and O–H groups in total. The molecule has 0 aromatic heterocycles. The molecule has 0 unspecified atom stereocenters. The van der Waals surface area contributed by atoms with E-state index in [4.69, 9.17) is 11.6 Å². The van der Waals surface area contributed by atoms with Gasteiger partial charge < -0.3 is 5.32 Å². The monoisotopic (exact) mass is 301 g/mol. The number of hydrogen-bond acceptors (Lipinski definition) is 1. The topological polar surface area (TPSA) is 12.0 Å². The second kappa shape index (κ2) is 5.07. The maximum absolute atomic E-state index is 6.25. The van der Waals surface area contributed by atoms with E-state index < -0.39 is 0 Å². The Balaban J connectivity index is 2.03. The molecule has 1 nitrogen and oxygen atoms in total. The highest BCUT2D eigenvalue weighted by Gasteiger charge is 2.42. The predicted molar refractivity (Wildman–Crippen MR) is 73.1 cm³/mol. The summed E-state index contributed by atoms with van der Waals surface area (Å²) in [5.41, 5.74) is 1.76. The molecular formula is C13H17BrClN. The smallest absolute Gasteiger partial charge is 0.0449 e. The minimum Gasteiger partial charge on any atom is -0.316 e. The number of nitrogens with one attached hydrogen (secondary N) is 1. The number of hydrogen-bond donors (Lipinski definition) is 1. The number of benzene rings is 1. The van der Waals surface area contributed by atoms with Gasteiger partial charge >= 0.3 is 0 Å². The molecule has 0 heterocycles. The van der Waals surface area contributed by atoms with E-state index in [2.05, 4.69) is 40.3 Å². The summed E-state index contributed by atoms with van der Waals surface area (Å²) in [7, 11) is 0. The van der Waals surface area contributed by atoms with Crippen molar-refractivity contribution in [3.63, 3.8) is 0 Å². The van der Waals surface area contributed by atoms with E-state index in [1.807, 2.05) is 6.07 Å². The molecule has 16 heavy (non-hydrogen) atoms. The molecule has 0 amide bonds. The predicted octanol–water partition coefficient (Wildman–Crippen LogP) is 4.03. The Morgan fingerprint density at radius 1 is 1.44 bits per heavy atom. The highest BCUT2D eigenvalue weighted by Crippen LogP contribution is 2.48. The number of halogens is 2. The van der Waals surface area contributed by atoms with E-state index in [-0.39, 0.29) is 0 Å². The lowest BCUT2D eigenvalue weighted by Crippen LogP contribution is -2.25. The van der Waals surface area contributed by atoms with Gasteiger partial charge in [-0.2, -0.15) is 0 Å². The van der Waals surface area contributed by atoms with Crippen molar-refractivity contribution in [2.24, 2.45) is 5.41 Å². The average molecular weight is 303 g/mol. The molecule has 0 saturated heterocycles. The van der Waals surface area contributed by atoms with Gasteiger partial charge in [-0.15, -0.1) is 0 Å². The minimum absolute atomic E-state index is 0.480. The summed E-state index contributed by atoms with van der Waals surface area (Å²) in [6, 6.07) is 6.20. The first-order chi connectivity index (χ1) is 7.65. The Bertz CT molecular complexity index is 374. The van der Waals surface area contributed by atoms with Crippen LogP contribution in [0.2, 0.25) is 5.02 Å². The van der Waals surface area contributed by atoms with Gasteiger partial charge in [0, 0.05) is 16.0 Å². The third kappa shape index (κ3) is 2.99. The van der Waals surface area contributed by atoms with Crippen LogP contribution in [-0.2, 0) is 6.42 Å². The Morgan fingerprint density at radius 2 is 2.19 bits per heavy atom. The molecule has 0 bridgehead atoms. The van der Waals surface area contributed by atoms with E-state index >= 15 is 0 Å². The molecule has 0 atom stereocenters. The van der Waals surface area contributed by atoms with Gasteiger partial charge in [0.25, 0.3) is 0 Å². The van der Waals surface area contributed by atoms with Crippen molar-refractivity contribution in [2.75, 3.05) is 13.1 Å². The molecule has 1 aromatic rings. The fourth-order valence-corrected chi connectivity index (χ4v) is 2.79. The van der Waals surface area contributed by atoms with Gasteiger partial charge in [0.2, 0.25) is 0 Å². The molecule has 0 aliphatic heterocycles. The summed E-state index contributed by atoms with van der Waals surface area (Å²) in [5, 5.41) is 4.34. The molecule has 1 aromatic carbocycles. The molecule has 0 spiro atoms. The second-order valence-electron chi connectivity index (χ2n) is 4.69. The van der Waals surface area contributed by atoms with Crippen LogP contribution in [0.25, 0.3) is 0 Å². The van der Waals surface area contributed by atoms with E-state index in [1.165, 1.54) is 18.4 Å². The lowest BCUT2D eigenvalue weighted by molar-refractivity contribution is 0.463. The van der Waals surface area contributed by atoms with Crippen LogP contribution in [0.4, 0.5) is 0 Å². The van der Waals surface area contributed by atoms with Crippen LogP contribution in [0.5, 0.6) is 0 Å². The lowest BCUT2D eigenvalue weighted by atomic mass is 9.96. The summed E-state index contributed by atoms with van der Waals surface area (Å²) in [4.78, 5) is 0. The van der Waals surface area contributed by atoms with Crippen molar-refractivity contribution in [3.8, 4) is 0 Å². The van der Waals surface area contributed by atoms with Gasteiger partial charge in [0.15, 0.2) is 0 Å². The first-order valence-electron chi connectivity index (χ1n) is 5.80. The molecule has 88 valence electrons. The molecule has 1 saturated carbocycles. The van der Waals surface area contributed by atoms with Crippen LogP contribution in [0.3, 0.4) is 0 Å². The summed E-state index contributed by atoms with van der Waals surface area (Å²) in [5.74, 6) is 0. The Kier molecular flexibility index (Phi) is 3.93. The average Bonchev–Trinajstić information content (AvgIpc) is 3.00. The van der Waals surface area contributed by atoms with Crippen molar-refractivity contribution in [1.29, 1.82) is 0 Å². The van der Waals surface area contributed by atoms with Crippen LogP contribution < -0.4 is 5.32 Å². The van der Waals surface area contributed by atoms with Crippen molar-refractivity contribution < 1.29 is 0 Å². The molecule has 0 radical (unpaired) electrons. The minimum atomic E-state index is 0.480. The molecule has 3 heteroatoms. The van der Waals surface area contributed by atoms with Crippen LogP contribution in [0.1, 0.15) is 25.3 Å². The first-order valence-corrected chi connectivity index (χ1v) is 6.97. The SMILES string of the molecule is CCNCC1(Cc2ccc(Br)cc2Cl)CC1. The fourth-order valence-electron chi connectivity index (χ4n) is 2.05. The third-order valence-corrected chi connectivity index (χ3v) is 4.13. The van der Waals surface area contributed by atoms with Crippen LogP contribution in [0, 0.1) is 5.41 Å². The molecule has 1 fully saturated rings. The van der Waals surface area contributed by atoms with Crippen molar-refractivity contribution in [2.45, 2.75) is 26.2 Å². The Morgan fingerprint density at radius 3 is 2.75 bits per heavy atom. The zero-order valence-electron chi connectivity index (χ0n) is 9.52. The van der Waals surface area contributed by atoms with Crippen LogP contribution in [-0.4, -0.2) is 13.1 Å². The van der Waals surface area contributed by atoms with Gasteiger partial charge in [-0.1, -0.05) is 40.5 Å².